The topological polar surface area (TPSA) is 60.7 Å². The summed E-state index contributed by atoms with van der Waals surface area (Å²) in [6.07, 6.45) is 1.73. The van der Waals surface area contributed by atoms with Gasteiger partial charge in [-0.1, -0.05) is 23.7 Å². The molecule has 0 aliphatic rings. The first kappa shape index (κ1) is 14.7. The van der Waals surface area contributed by atoms with Crippen molar-refractivity contribution in [3.05, 3.63) is 68.0 Å². The van der Waals surface area contributed by atoms with Gasteiger partial charge in [0.25, 0.3) is 5.56 Å². The van der Waals surface area contributed by atoms with Crippen molar-refractivity contribution in [1.82, 2.24) is 9.38 Å². The first-order valence-electron chi connectivity index (χ1n) is 6.45. The number of carbonyl (C=O) groups is 1. The van der Waals surface area contributed by atoms with Gasteiger partial charge in [0.1, 0.15) is 6.61 Å². The Morgan fingerprint density at radius 2 is 2.18 bits per heavy atom. The second-order valence-corrected chi connectivity index (χ2v) is 6.26. The molecule has 0 bridgehead atoms. The molecule has 0 aliphatic heterocycles. The number of carbonyl (C=O) groups excluding carboxylic acids is 1. The average Bonchev–Trinajstić information content (AvgIpc) is 2.86. The van der Waals surface area contributed by atoms with E-state index in [1.807, 2.05) is 6.92 Å². The number of esters is 1. The van der Waals surface area contributed by atoms with Gasteiger partial charge in [0.2, 0.25) is 0 Å². The van der Waals surface area contributed by atoms with Crippen LogP contribution in [0, 0.1) is 6.92 Å². The number of ether oxygens (including phenoxy) is 1. The van der Waals surface area contributed by atoms with Crippen molar-refractivity contribution < 1.29 is 9.53 Å². The minimum absolute atomic E-state index is 0.0766. The molecule has 0 saturated heterocycles. The first-order chi connectivity index (χ1) is 10.5. The number of aryl methyl sites for hydroxylation is 1. The van der Waals surface area contributed by atoms with Gasteiger partial charge < -0.3 is 4.74 Å². The van der Waals surface area contributed by atoms with Crippen LogP contribution in [0.15, 0.2) is 41.3 Å². The van der Waals surface area contributed by atoms with Gasteiger partial charge >= 0.3 is 5.97 Å². The zero-order chi connectivity index (χ0) is 15.7. The third-order valence-corrected chi connectivity index (χ3v) is 4.21. The molecule has 0 N–H and O–H groups in total. The van der Waals surface area contributed by atoms with E-state index in [0.29, 0.717) is 15.7 Å². The lowest BCUT2D eigenvalue weighted by Crippen LogP contribution is -2.14. The summed E-state index contributed by atoms with van der Waals surface area (Å²) in [5.74, 6) is -0.546. The molecule has 3 rings (SSSR count). The fraction of sp³-hybridized carbons (Fsp3) is 0.133. The number of hydrogen-bond donors (Lipinski definition) is 0. The second-order valence-electron chi connectivity index (χ2n) is 4.64. The Morgan fingerprint density at radius 1 is 1.41 bits per heavy atom. The van der Waals surface area contributed by atoms with E-state index in [2.05, 4.69) is 4.98 Å². The van der Waals surface area contributed by atoms with Crippen LogP contribution in [0.2, 0.25) is 5.02 Å². The van der Waals surface area contributed by atoms with Gasteiger partial charge in [-0.3, -0.25) is 9.20 Å². The Morgan fingerprint density at radius 3 is 2.95 bits per heavy atom. The molecule has 112 valence electrons. The van der Waals surface area contributed by atoms with E-state index in [1.165, 1.54) is 21.8 Å². The summed E-state index contributed by atoms with van der Waals surface area (Å²) >= 11 is 7.34. The third-order valence-electron chi connectivity index (χ3n) is 2.98. The number of hydrogen-bond acceptors (Lipinski definition) is 5. The number of fused-ring (bicyclic) bond motifs is 1. The molecule has 0 amide bonds. The quantitative estimate of drug-likeness (QED) is 0.691. The van der Waals surface area contributed by atoms with Crippen LogP contribution in [0.3, 0.4) is 0 Å². The van der Waals surface area contributed by atoms with Crippen LogP contribution in [0.4, 0.5) is 0 Å². The molecule has 0 saturated carbocycles. The maximum atomic E-state index is 12.0. The minimum atomic E-state index is -0.546. The Balaban J connectivity index is 1.81. The Labute approximate surface area is 134 Å². The smallest absolute Gasteiger partial charge is 0.340 e. The molecule has 7 heteroatoms. The van der Waals surface area contributed by atoms with Crippen molar-refractivity contribution in [2.45, 2.75) is 13.5 Å². The van der Waals surface area contributed by atoms with Gasteiger partial charge in [-0.15, -0.1) is 11.3 Å². The minimum Gasteiger partial charge on any atom is -0.456 e. The highest BCUT2D eigenvalue weighted by molar-refractivity contribution is 7.16. The average molecular weight is 335 g/mol. The van der Waals surface area contributed by atoms with Crippen LogP contribution in [0.5, 0.6) is 0 Å². The first-order valence-corrected chi connectivity index (χ1v) is 7.64. The standard InChI is InChI=1S/C15H11ClN2O3S/c1-9-7-18-13(19)6-10(17-15(18)22-9)8-21-14(20)11-4-2-3-5-12(11)16/h2-7H,8H2,1H3. The number of rotatable bonds is 3. The largest absolute Gasteiger partial charge is 0.456 e. The van der Waals surface area contributed by atoms with Crippen LogP contribution in [0.1, 0.15) is 20.9 Å². The van der Waals surface area contributed by atoms with Gasteiger partial charge in [-0.05, 0) is 19.1 Å². The van der Waals surface area contributed by atoms with Crippen molar-refractivity contribution in [2.75, 3.05) is 0 Å². The molecule has 22 heavy (non-hydrogen) atoms. The Bertz CT molecular complexity index is 917. The van der Waals surface area contributed by atoms with Crippen molar-refractivity contribution in [3.8, 4) is 0 Å². The van der Waals surface area contributed by atoms with Crippen LogP contribution in [0.25, 0.3) is 4.96 Å². The zero-order valence-corrected chi connectivity index (χ0v) is 13.1. The van der Waals surface area contributed by atoms with Gasteiger partial charge in [-0.25, -0.2) is 9.78 Å². The van der Waals surface area contributed by atoms with Crippen LogP contribution in [-0.4, -0.2) is 15.4 Å². The van der Waals surface area contributed by atoms with E-state index >= 15 is 0 Å². The summed E-state index contributed by atoms with van der Waals surface area (Å²) in [4.78, 5) is 29.8. The van der Waals surface area contributed by atoms with E-state index in [4.69, 9.17) is 16.3 Å². The molecule has 0 aliphatic carbocycles. The predicted octanol–water partition coefficient (Wildman–Crippen LogP) is 3.07. The summed E-state index contributed by atoms with van der Waals surface area (Å²) in [6, 6.07) is 7.99. The summed E-state index contributed by atoms with van der Waals surface area (Å²) in [5, 5.41) is 0.324. The summed E-state index contributed by atoms with van der Waals surface area (Å²) < 4.78 is 6.65. The normalized spacial score (nSPS) is 10.8. The Kier molecular flexibility index (Phi) is 3.96. The van der Waals surface area contributed by atoms with Crippen molar-refractivity contribution in [3.63, 3.8) is 0 Å². The van der Waals surface area contributed by atoms with E-state index in [1.54, 1.807) is 30.5 Å². The highest BCUT2D eigenvalue weighted by Crippen LogP contribution is 2.17. The number of aromatic nitrogens is 2. The Hall–Kier alpha value is -2.18. The third kappa shape index (κ3) is 2.88. The lowest BCUT2D eigenvalue weighted by molar-refractivity contribution is 0.0468. The van der Waals surface area contributed by atoms with Crippen LogP contribution >= 0.6 is 22.9 Å². The second kappa shape index (κ2) is 5.90. The lowest BCUT2D eigenvalue weighted by Gasteiger charge is -2.05. The molecule has 0 radical (unpaired) electrons. The fourth-order valence-electron chi connectivity index (χ4n) is 1.98. The van der Waals surface area contributed by atoms with Gasteiger partial charge in [0, 0.05) is 17.1 Å². The van der Waals surface area contributed by atoms with Crippen LogP contribution < -0.4 is 5.56 Å². The maximum absolute atomic E-state index is 12.0. The van der Waals surface area contributed by atoms with E-state index in [-0.39, 0.29) is 17.7 Å². The molecule has 1 aromatic carbocycles. The predicted molar refractivity (Wildman–Crippen MR) is 84.6 cm³/mol. The van der Waals surface area contributed by atoms with Crippen LogP contribution in [-0.2, 0) is 11.3 Å². The van der Waals surface area contributed by atoms with Gasteiger partial charge in [0.15, 0.2) is 4.96 Å². The molecule has 0 unspecified atom stereocenters. The number of halogens is 1. The molecule has 0 fully saturated rings. The van der Waals surface area contributed by atoms with Crippen molar-refractivity contribution >= 4 is 33.9 Å². The van der Waals surface area contributed by atoms with Crippen molar-refractivity contribution in [2.24, 2.45) is 0 Å². The summed E-state index contributed by atoms with van der Waals surface area (Å²) in [5.41, 5.74) is 0.499. The fourth-order valence-corrected chi connectivity index (χ4v) is 3.04. The number of nitrogens with zero attached hydrogens (tertiary/aromatic N) is 2. The number of benzene rings is 1. The highest BCUT2D eigenvalue weighted by Gasteiger charge is 2.12. The highest BCUT2D eigenvalue weighted by atomic mass is 35.5. The molecule has 0 spiro atoms. The SMILES string of the molecule is Cc1cn2c(=O)cc(COC(=O)c3ccccc3Cl)nc2s1. The molecule has 0 atom stereocenters. The zero-order valence-electron chi connectivity index (χ0n) is 11.6. The molecule has 3 aromatic rings. The molecular weight excluding hydrogens is 324 g/mol. The van der Waals surface area contributed by atoms with E-state index < -0.39 is 5.97 Å². The van der Waals surface area contributed by atoms with E-state index in [0.717, 1.165) is 4.88 Å². The van der Waals surface area contributed by atoms with Gasteiger partial charge in [-0.2, -0.15) is 0 Å². The lowest BCUT2D eigenvalue weighted by atomic mass is 10.2. The molecule has 2 aromatic heterocycles. The van der Waals surface area contributed by atoms with Crippen molar-refractivity contribution in [1.29, 1.82) is 0 Å². The molecule has 2 heterocycles. The molecular formula is C15H11ClN2O3S. The summed E-state index contributed by atoms with van der Waals surface area (Å²) in [6.45, 7) is 1.82. The van der Waals surface area contributed by atoms with Gasteiger partial charge in [0.05, 0.1) is 16.3 Å². The maximum Gasteiger partial charge on any atom is 0.340 e. The number of thiazole rings is 1. The monoisotopic (exact) mass is 334 g/mol. The summed E-state index contributed by atoms with van der Waals surface area (Å²) in [7, 11) is 0. The molecule has 5 nitrogen and oxygen atoms in total. The van der Waals surface area contributed by atoms with E-state index in [9.17, 15) is 9.59 Å².